The van der Waals surface area contributed by atoms with Crippen molar-refractivity contribution in [3.63, 3.8) is 0 Å². The third-order valence-corrected chi connectivity index (χ3v) is 4.11. The molecule has 0 aliphatic carbocycles. The summed E-state index contributed by atoms with van der Waals surface area (Å²) >= 11 is 0. The fourth-order valence-corrected chi connectivity index (χ4v) is 2.46. The third-order valence-electron chi connectivity index (χ3n) is 2.63. The summed E-state index contributed by atoms with van der Waals surface area (Å²) in [5.41, 5.74) is -0.00619. The molecule has 0 atom stereocenters. The van der Waals surface area contributed by atoms with Gasteiger partial charge in [-0.05, 0) is 18.6 Å². The van der Waals surface area contributed by atoms with Gasteiger partial charge in [0, 0.05) is 13.6 Å². The van der Waals surface area contributed by atoms with Crippen LogP contribution in [0.4, 0.5) is 5.69 Å². The van der Waals surface area contributed by atoms with Crippen molar-refractivity contribution >= 4 is 21.9 Å². The summed E-state index contributed by atoms with van der Waals surface area (Å²) in [5, 5.41) is 8.99. The molecule has 0 saturated heterocycles. The van der Waals surface area contributed by atoms with Crippen LogP contribution in [0.1, 0.15) is 30.1 Å². The van der Waals surface area contributed by atoms with Gasteiger partial charge in [-0.3, -0.25) is 4.72 Å². The van der Waals surface area contributed by atoms with Crippen LogP contribution in [0.15, 0.2) is 24.3 Å². The molecule has 0 aliphatic rings. The number of para-hydroxylation sites is 1. The number of nitrogens with zero attached hydrogens (tertiary/aromatic N) is 1. The lowest BCUT2D eigenvalue weighted by Crippen LogP contribution is -2.33. The van der Waals surface area contributed by atoms with Crippen molar-refractivity contribution in [3.8, 4) is 0 Å². The molecule has 0 amide bonds. The summed E-state index contributed by atoms with van der Waals surface area (Å²) in [4.78, 5) is 11.0. The summed E-state index contributed by atoms with van der Waals surface area (Å²) < 4.78 is 27.5. The maximum Gasteiger partial charge on any atom is 0.337 e. The van der Waals surface area contributed by atoms with E-state index in [4.69, 9.17) is 5.11 Å². The highest BCUT2D eigenvalue weighted by atomic mass is 32.2. The molecule has 6 nitrogen and oxygen atoms in total. The lowest BCUT2D eigenvalue weighted by Gasteiger charge is -2.18. The first-order valence-corrected chi connectivity index (χ1v) is 7.39. The van der Waals surface area contributed by atoms with Crippen LogP contribution in [-0.4, -0.2) is 37.4 Å². The Kier molecular flexibility index (Phi) is 5.31. The van der Waals surface area contributed by atoms with Crippen LogP contribution < -0.4 is 4.72 Å². The van der Waals surface area contributed by atoms with Gasteiger partial charge in [0.15, 0.2) is 0 Å². The second-order valence-electron chi connectivity index (χ2n) is 4.13. The second kappa shape index (κ2) is 6.53. The lowest BCUT2D eigenvalue weighted by molar-refractivity contribution is 0.0698. The summed E-state index contributed by atoms with van der Waals surface area (Å²) in [6, 6.07) is 5.90. The van der Waals surface area contributed by atoms with Gasteiger partial charge in [0.1, 0.15) is 0 Å². The summed E-state index contributed by atoms with van der Waals surface area (Å²) in [6.07, 6.45) is 1.63. The van der Waals surface area contributed by atoms with Gasteiger partial charge >= 0.3 is 16.2 Å². The number of rotatable bonds is 7. The molecular formula is C12H18N2O4S. The Balaban J connectivity index is 2.92. The first kappa shape index (κ1) is 15.5. The highest BCUT2D eigenvalue weighted by molar-refractivity contribution is 7.90. The zero-order chi connectivity index (χ0) is 14.5. The van der Waals surface area contributed by atoms with E-state index in [-0.39, 0.29) is 11.3 Å². The first-order valence-electron chi connectivity index (χ1n) is 5.95. The Morgan fingerprint density at radius 2 is 2.00 bits per heavy atom. The van der Waals surface area contributed by atoms with Crippen molar-refractivity contribution in [1.29, 1.82) is 0 Å². The zero-order valence-electron chi connectivity index (χ0n) is 11.0. The lowest BCUT2D eigenvalue weighted by atomic mass is 10.2. The average Bonchev–Trinajstić information content (AvgIpc) is 2.35. The Labute approximate surface area is 113 Å². The van der Waals surface area contributed by atoms with E-state index in [1.54, 1.807) is 12.1 Å². The number of carbonyl (C=O) groups is 1. The van der Waals surface area contributed by atoms with Gasteiger partial charge in [-0.15, -0.1) is 0 Å². The number of aromatic carboxylic acids is 1. The smallest absolute Gasteiger partial charge is 0.337 e. The highest BCUT2D eigenvalue weighted by Crippen LogP contribution is 2.17. The van der Waals surface area contributed by atoms with Crippen molar-refractivity contribution in [3.05, 3.63) is 29.8 Å². The van der Waals surface area contributed by atoms with Crippen molar-refractivity contribution in [1.82, 2.24) is 4.31 Å². The van der Waals surface area contributed by atoms with Crippen molar-refractivity contribution in [2.75, 3.05) is 18.3 Å². The Hall–Kier alpha value is -1.60. The van der Waals surface area contributed by atoms with Gasteiger partial charge in [-0.1, -0.05) is 25.5 Å². The van der Waals surface area contributed by atoms with Crippen LogP contribution in [0.5, 0.6) is 0 Å². The van der Waals surface area contributed by atoms with Crippen LogP contribution in [0.25, 0.3) is 0 Å². The van der Waals surface area contributed by atoms with E-state index in [0.717, 1.165) is 12.8 Å². The molecule has 1 aromatic carbocycles. The summed E-state index contributed by atoms with van der Waals surface area (Å²) in [6.45, 7) is 2.36. The normalized spacial score (nSPS) is 11.5. The minimum absolute atomic E-state index is 0.0679. The van der Waals surface area contributed by atoms with Crippen LogP contribution in [0.3, 0.4) is 0 Å². The van der Waals surface area contributed by atoms with Crippen molar-refractivity contribution in [2.24, 2.45) is 0 Å². The molecule has 7 heteroatoms. The molecule has 0 heterocycles. The van der Waals surface area contributed by atoms with Gasteiger partial charge in [-0.25, -0.2) is 4.79 Å². The number of hydrogen-bond acceptors (Lipinski definition) is 3. The van der Waals surface area contributed by atoms with Gasteiger partial charge < -0.3 is 5.11 Å². The summed E-state index contributed by atoms with van der Waals surface area (Å²) in [5.74, 6) is -1.17. The van der Waals surface area contributed by atoms with Crippen LogP contribution in [0, 0.1) is 0 Å². The van der Waals surface area contributed by atoms with Gasteiger partial charge in [0.2, 0.25) is 0 Å². The number of anilines is 1. The molecule has 1 rings (SSSR count). The van der Waals surface area contributed by atoms with Crippen LogP contribution in [0.2, 0.25) is 0 Å². The van der Waals surface area contributed by atoms with E-state index in [2.05, 4.69) is 4.72 Å². The molecule has 0 spiro atoms. The van der Waals surface area contributed by atoms with E-state index >= 15 is 0 Å². The van der Waals surface area contributed by atoms with Crippen molar-refractivity contribution in [2.45, 2.75) is 19.8 Å². The number of carboxylic acids is 1. The molecule has 106 valence electrons. The van der Waals surface area contributed by atoms with Gasteiger partial charge in [0.05, 0.1) is 11.3 Å². The number of unbranched alkanes of at least 4 members (excludes halogenated alkanes) is 1. The zero-order valence-corrected chi connectivity index (χ0v) is 11.8. The maximum atomic E-state index is 12.0. The maximum absolute atomic E-state index is 12.0. The van der Waals surface area contributed by atoms with Crippen LogP contribution in [-0.2, 0) is 10.2 Å². The van der Waals surface area contributed by atoms with E-state index in [1.165, 1.54) is 23.5 Å². The molecule has 0 fully saturated rings. The number of nitrogens with one attached hydrogen (secondary N) is 1. The number of carboxylic acid groups (broad SMARTS) is 1. The molecule has 1 aromatic rings. The molecule has 0 radical (unpaired) electrons. The third kappa shape index (κ3) is 4.22. The Bertz CT molecular complexity index is 542. The van der Waals surface area contributed by atoms with E-state index in [9.17, 15) is 13.2 Å². The van der Waals surface area contributed by atoms with E-state index in [0.29, 0.717) is 6.54 Å². The molecule has 0 unspecified atom stereocenters. The topological polar surface area (TPSA) is 86.7 Å². The predicted octanol–water partition coefficient (Wildman–Crippen LogP) is 1.77. The fourth-order valence-electron chi connectivity index (χ4n) is 1.48. The Morgan fingerprint density at radius 1 is 1.37 bits per heavy atom. The first-order chi connectivity index (χ1) is 8.88. The van der Waals surface area contributed by atoms with E-state index < -0.39 is 16.2 Å². The molecule has 2 N–H and O–H groups in total. The molecule has 0 saturated carbocycles. The van der Waals surface area contributed by atoms with Crippen LogP contribution >= 0.6 is 0 Å². The highest BCUT2D eigenvalue weighted by Gasteiger charge is 2.19. The fraction of sp³-hybridized carbons (Fsp3) is 0.417. The van der Waals surface area contributed by atoms with Gasteiger partial charge in [-0.2, -0.15) is 12.7 Å². The predicted molar refractivity (Wildman–Crippen MR) is 73.5 cm³/mol. The molecule has 0 aromatic heterocycles. The molecule has 0 bridgehead atoms. The molecule has 0 aliphatic heterocycles. The largest absolute Gasteiger partial charge is 0.478 e. The average molecular weight is 286 g/mol. The molecule has 19 heavy (non-hydrogen) atoms. The Morgan fingerprint density at radius 3 is 2.58 bits per heavy atom. The van der Waals surface area contributed by atoms with E-state index in [1.807, 2.05) is 6.92 Å². The number of hydrogen-bond donors (Lipinski definition) is 2. The number of benzene rings is 1. The SMILES string of the molecule is CCCCN(C)S(=O)(=O)Nc1ccccc1C(=O)O. The van der Waals surface area contributed by atoms with Crippen molar-refractivity contribution < 1.29 is 18.3 Å². The van der Waals surface area contributed by atoms with Gasteiger partial charge in [0.25, 0.3) is 0 Å². The minimum atomic E-state index is -3.72. The minimum Gasteiger partial charge on any atom is -0.478 e. The second-order valence-corrected chi connectivity index (χ2v) is 5.91. The monoisotopic (exact) mass is 286 g/mol. The quantitative estimate of drug-likeness (QED) is 0.799. The molecular weight excluding hydrogens is 268 g/mol. The standard InChI is InChI=1S/C12H18N2O4S/c1-3-4-9-14(2)19(17,18)13-11-8-6-5-7-10(11)12(15)16/h5-8,13H,3-4,9H2,1-2H3,(H,15,16). The summed E-state index contributed by atoms with van der Waals surface area (Å²) in [7, 11) is -2.26.